The highest BCUT2D eigenvalue weighted by Gasteiger charge is 2.29. The molecule has 23 heavy (non-hydrogen) atoms. The van der Waals surface area contributed by atoms with Gasteiger partial charge < -0.3 is 9.64 Å². The predicted molar refractivity (Wildman–Crippen MR) is 85.3 cm³/mol. The molecule has 0 radical (unpaired) electrons. The van der Waals surface area contributed by atoms with Crippen LogP contribution in [-0.4, -0.2) is 17.4 Å². The first-order valence-corrected chi connectivity index (χ1v) is 7.89. The lowest BCUT2D eigenvalue weighted by Gasteiger charge is -2.28. The lowest BCUT2D eigenvalue weighted by molar-refractivity contribution is -0.117. The third-order valence-corrected chi connectivity index (χ3v) is 4.55. The van der Waals surface area contributed by atoms with Gasteiger partial charge in [0.2, 0.25) is 5.91 Å². The second-order valence-corrected chi connectivity index (χ2v) is 6.19. The van der Waals surface area contributed by atoms with Gasteiger partial charge in [-0.1, -0.05) is 11.6 Å². The van der Waals surface area contributed by atoms with Gasteiger partial charge >= 0.3 is 0 Å². The quantitative estimate of drug-likeness (QED) is 0.738. The SMILES string of the molecule is CC1Oc2cc(N3CCCC3=O)c(F)cc2-c2cnc(Cl)cc21. The molecule has 3 heterocycles. The molecule has 0 aliphatic carbocycles. The summed E-state index contributed by atoms with van der Waals surface area (Å²) in [6, 6.07) is 4.76. The largest absolute Gasteiger partial charge is 0.485 e. The topological polar surface area (TPSA) is 42.4 Å². The van der Waals surface area contributed by atoms with Crippen molar-refractivity contribution in [3.05, 3.63) is 40.9 Å². The van der Waals surface area contributed by atoms with Gasteiger partial charge in [-0.2, -0.15) is 0 Å². The number of hydrogen-bond acceptors (Lipinski definition) is 3. The number of ether oxygens (including phenoxy) is 1. The average Bonchev–Trinajstić information content (AvgIpc) is 2.94. The highest BCUT2D eigenvalue weighted by atomic mass is 35.5. The first kappa shape index (κ1) is 14.5. The zero-order chi connectivity index (χ0) is 16.1. The second kappa shape index (κ2) is 5.20. The van der Waals surface area contributed by atoms with E-state index in [1.807, 2.05) is 6.92 Å². The molecule has 0 saturated carbocycles. The van der Waals surface area contributed by atoms with Crippen LogP contribution in [0.1, 0.15) is 31.4 Å². The number of aromatic nitrogens is 1. The van der Waals surface area contributed by atoms with Crippen molar-refractivity contribution in [3.8, 4) is 16.9 Å². The van der Waals surface area contributed by atoms with Crippen LogP contribution in [0.4, 0.5) is 10.1 Å². The van der Waals surface area contributed by atoms with Crippen LogP contribution in [0.3, 0.4) is 0 Å². The van der Waals surface area contributed by atoms with Crippen LogP contribution in [0.2, 0.25) is 5.15 Å². The summed E-state index contributed by atoms with van der Waals surface area (Å²) >= 11 is 5.94. The molecule has 4 rings (SSSR count). The Bertz CT molecular complexity index is 824. The van der Waals surface area contributed by atoms with Crippen LogP contribution in [0.15, 0.2) is 24.4 Å². The third-order valence-electron chi connectivity index (χ3n) is 4.35. The Balaban J connectivity index is 1.86. The van der Waals surface area contributed by atoms with Crippen molar-refractivity contribution in [1.82, 2.24) is 4.98 Å². The Morgan fingerprint density at radius 3 is 2.91 bits per heavy atom. The molecular formula is C17H14ClFN2O2. The van der Waals surface area contributed by atoms with E-state index in [1.165, 1.54) is 11.0 Å². The van der Waals surface area contributed by atoms with Crippen LogP contribution in [0.25, 0.3) is 11.1 Å². The third kappa shape index (κ3) is 2.27. The summed E-state index contributed by atoms with van der Waals surface area (Å²) in [5.41, 5.74) is 2.60. The van der Waals surface area contributed by atoms with Gasteiger partial charge in [0.05, 0.1) is 5.69 Å². The van der Waals surface area contributed by atoms with Gasteiger partial charge in [-0.25, -0.2) is 9.37 Å². The zero-order valence-electron chi connectivity index (χ0n) is 12.5. The number of anilines is 1. The highest BCUT2D eigenvalue weighted by Crippen LogP contribution is 2.45. The predicted octanol–water partition coefficient (Wildman–Crippen LogP) is 4.12. The van der Waals surface area contributed by atoms with E-state index < -0.39 is 5.82 Å². The Labute approximate surface area is 137 Å². The number of pyridine rings is 1. The fourth-order valence-corrected chi connectivity index (χ4v) is 3.39. The minimum Gasteiger partial charge on any atom is -0.485 e. The van der Waals surface area contributed by atoms with E-state index in [0.29, 0.717) is 29.4 Å². The molecule has 2 aliphatic heterocycles. The Morgan fingerprint density at radius 2 is 2.17 bits per heavy atom. The Kier molecular flexibility index (Phi) is 3.27. The van der Waals surface area contributed by atoms with Gasteiger partial charge in [0.15, 0.2) is 0 Å². The molecule has 1 amide bonds. The summed E-state index contributed by atoms with van der Waals surface area (Å²) in [6.45, 7) is 2.44. The van der Waals surface area contributed by atoms with Crippen molar-refractivity contribution in [2.75, 3.05) is 11.4 Å². The Hall–Kier alpha value is -2.14. The molecule has 0 bridgehead atoms. The number of amides is 1. The average molecular weight is 333 g/mol. The number of carbonyl (C=O) groups excluding carboxylic acids is 1. The van der Waals surface area contributed by atoms with Crippen molar-refractivity contribution in [3.63, 3.8) is 0 Å². The summed E-state index contributed by atoms with van der Waals surface area (Å²) in [4.78, 5) is 17.5. The molecule has 1 saturated heterocycles. The molecule has 0 N–H and O–H groups in total. The standard InChI is InChI=1S/C17H14ClFN2O2/c1-9-10-6-16(18)20-8-12(10)11-5-13(19)14(7-15(11)23-9)21-4-2-3-17(21)22/h5-9H,2-4H2,1H3. The lowest BCUT2D eigenvalue weighted by atomic mass is 9.95. The van der Waals surface area contributed by atoms with E-state index in [0.717, 1.165) is 17.5 Å². The van der Waals surface area contributed by atoms with Gasteiger partial charge in [0, 0.05) is 41.9 Å². The zero-order valence-corrected chi connectivity index (χ0v) is 13.2. The van der Waals surface area contributed by atoms with Gasteiger partial charge in [-0.3, -0.25) is 4.79 Å². The molecule has 1 fully saturated rings. The minimum atomic E-state index is -0.432. The number of benzene rings is 1. The van der Waals surface area contributed by atoms with E-state index in [4.69, 9.17) is 16.3 Å². The van der Waals surface area contributed by atoms with Crippen molar-refractivity contribution in [1.29, 1.82) is 0 Å². The van der Waals surface area contributed by atoms with E-state index >= 15 is 0 Å². The van der Waals surface area contributed by atoms with Crippen LogP contribution >= 0.6 is 11.6 Å². The maximum atomic E-state index is 14.6. The summed E-state index contributed by atoms with van der Waals surface area (Å²) in [6.07, 6.45) is 2.62. The van der Waals surface area contributed by atoms with Gasteiger partial charge in [-0.05, 0) is 25.5 Å². The van der Waals surface area contributed by atoms with Crippen molar-refractivity contribution < 1.29 is 13.9 Å². The Morgan fingerprint density at radius 1 is 1.35 bits per heavy atom. The van der Waals surface area contributed by atoms with Crippen LogP contribution < -0.4 is 9.64 Å². The molecule has 1 aromatic heterocycles. The van der Waals surface area contributed by atoms with E-state index in [9.17, 15) is 9.18 Å². The van der Waals surface area contributed by atoms with Crippen molar-refractivity contribution in [2.45, 2.75) is 25.9 Å². The maximum absolute atomic E-state index is 14.6. The number of halogens is 2. The highest BCUT2D eigenvalue weighted by molar-refractivity contribution is 6.29. The minimum absolute atomic E-state index is 0.0541. The summed E-state index contributed by atoms with van der Waals surface area (Å²) in [5.74, 6) is 0.0739. The number of carbonyl (C=O) groups is 1. The molecule has 6 heteroatoms. The monoisotopic (exact) mass is 332 g/mol. The summed E-state index contributed by atoms with van der Waals surface area (Å²) < 4.78 is 20.5. The fraction of sp³-hybridized carbons (Fsp3) is 0.294. The number of hydrogen-bond donors (Lipinski definition) is 0. The van der Waals surface area contributed by atoms with E-state index in [2.05, 4.69) is 4.98 Å². The first-order chi connectivity index (χ1) is 11.0. The molecule has 2 aliphatic rings. The van der Waals surface area contributed by atoms with Gasteiger partial charge in [0.25, 0.3) is 0 Å². The molecule has 2 aromatic rings. The second-order valence-electron chi connectivity index (χ2n) is 5.80. The number of nitrogens with zero attached hydrogens (tertiary/aromatic N) is 2. The van der Waals surface area contributed by atoms with Crippen LogP contribution in [0.5, 0.6) is 5.75 Å². The first-order valence-electron chi connectivity index (χ1n) is 7.51. The molecule has 4 nitrogen and oxygen atoms in total. The smallest absolute Gasteiger partial charge is 0.227 e. The molecule has 0 spiro atoms. The van der Waals surface area contributed by atoms with Crippen LogP contribution in [0, 0.1) is 5.82 Å². The van der Waals surface area contributed by atoms with E-state index in [-0.39, 0.29) is 17.7 Å². The summed E-state index contributed by atoms with van der Waals surface area (Å²) in [5, 5.41) is 0.377. The lowest BCUT2D eigenvalue weighted by Crippen LogP contribution is -2.25. The van der Waals surface area contributed by atoms with Gasteiger partial charge in [0.1, 0.15) is 22.8 Å². The molecule has 1 unspecified atom stereocenters. The normalized spacial score (nSPS) is 19.3. The number of fused-ring (bicyclic) bond motifs is 3. The van der Waals surface area contributed by atoms with Gasteiger partial charge in [-0.15, -0.1) is 0 Å². The fourth-order valence-electron chi connectivity index (χ4n) is 3.22. The van der Waals surface area contributed by atoms with Crippen molar-refractivity contribution in [2.24, 2.45) is 0 Å². The number of rotatable bonds is 1. The molecule has 1 atom stereocenters. The van der Waals surface area contributed by atoms with E-state index in [1.54, 1.807) is 18.3 Å². The summed E-state index contributed by atoms with van der Waals surface area (Å²) in [7, 11) is 0. The maximum Gasteiger partial charge on any atom is 0.227 e. The molecule has 1 aromatic carbocycles. The molecular weight excluding hydrogens is 319 g/mol. The van der Waals surface area contributed by atoms with Crippen LogP contribution in [-0.2, 0) is 4.79 Å². The molecule has 118 valence electrons. The van der Waals surface area contributed by atoms with Crippen molar-refractivity contribution >= 4 is 23.2 Å².